The third kappa shape index (κ3) is 2.14. The van der Waals surface area contributed by atoms with Crippen LogP contribution in [0, 0.1) is 5.92 Å². The molecular formula is C15H19NO. The summed E-state index contributed by atoms with van der Waals surface area (Å²) in [5.41, 5.74) is 1.25. The molecule has 0 bridgehead atoms. The molecule has 2 heteroatoms. The summed E-state index contributed by atoms with van der Waals surface area (Å²) >= 11 is 0. The van der Waals surface area contributed by atoms with E-state index in [1.165, 1.54) is 24.8 Å². The van der Waals surface area contributed by atoms with Crippen molar-refractivity contribution in [3.05, 3.63) is 35.9 Å². The van der Waals surface area contributed by atoms with Gasteiger partial charge in [-0.2, -0.15) is 0 Å². The zero-order valence-electron chi connectivity index (χ0n) is 10.1. The van der Waals surface area contributed by atoms with Gasteiger partial charge in [-0.05, 0) is 18.4 Å². The number of piperidine rings is 1. The first-order chi connectivity index (χ1) is 8.34. The zero-order chi connectivity index (χ0) is 11.7. The molecule has 1 saturated heterocycles. The Labute approximate surface area is 102 Å². The minimum absolute atomic E-state index is 0.239. The molecule has 2 aliphatic rings. The van der Waals surface area contributed by atoms with E-state index in [9.17, 15) is 4.79 Å². The first-order valence-electron chi connectivity index (χ1n) is 6.68. The Morgan fingerprint density at radius 1 is 1.06 bits per heavy atom. The van der Waals surface area contributed by atoms with Crippen LogP contribution < -0.4 is 5.32 Å². The largest absolute Gasteiger partial charge is 0.306 e. The number of rotatable bonds is 1. The van der Waals surface area contributed by atoms with E-state index in [-0.39, 0.29) is 6.04 Å². The molecular weight excluding hydrogens is 210 g/mol. The number of carbonyl (C=O) groups is 1. The molecule has 3 atom stereocenters. The molecule has 1 aliphatic heterocycles. The summed E-state index contributed by atoms with van der Waals surface area (Å²) in [5.74, 6) is 0.769. The van der Waals surface area contributed by atoms with Gasteiger partial charge in [0.25, 0.3) is 0 Å². The second-order valence-electron chi connectivity index (χ2n) is 5.30. The predicted octanol–water partition coefficient (Wildman–Crippen LogP) is 2.85. The van der Waals surface area contributed by atoms with Gasteiger partial charge in [-0.15, -0.1) is 0 Å². The van der Waals surface area contributed by atoms with Crippen LogP contribution in [0.2, 0.25) is 0 Å². The van der Waals surface area contributed by atoms with E-state index >= 15 is 0 Å². The lowest BCUT2D eigenvalue weighted by molar-refractivity contribution is -0.127. The third-order valence-electron chi connectivity index (χ3n) is 4.20. The summed E-state index contributed by atoms with van der Waals surface area (Å²) in [6.07, 6.45) is 5.43. The third-order valence-corrected chi connectivity index (χ3v) is 4.20. The normalized spacial score (nSPS) is 33.2. The van der Waals surface area contributed by atoms with Crippen molar-refractivity contribution in [3.8, 4) is 0 Å². The molecule has 1 saturated carbocycles. The summed E-state index contributed by atoms with van der Waals surface area (Å²) < 4.78 is 0. The van der Waals surface area contributed by atoms with Crippen molar-refractivity contribution in [2.75, 3.05) is 0 Å². The van der Waals surface area contributed by atoms with Crippen LogP contribution in [0.4, 0.5) is 0 Å². The Hall–Kier alpha value is -1.15. The maximum absolute atomic E-state index is 12.2. The Kier molecular flexibility index (Phi) is 2.98. The maximum atomic E-state index is 12.2. The number of hydrogen-bond acceptors (Lipinski definition) is 2. The SMILES string of the molecule is O=C1C[C@H](c2ccccc2)N[C@H]2CCCC[C@H]12. The molecule has 1 aliphatic carbocycles. The Morgan fingerprint density at radius 3 is 2.65 bits per heavy atom. The van der Waals surface area contributed by atoms with Gasteiger partial charge in [-0.3, -0.25) is 4.79 Å². The molecule has 1 aromatic carbocycles. The highest BCUT2D eigenvalue weighted by molar-refractivity contribution is 5.83. The van der Waals surface area contributed by atoms with Gasteiger partial charge in [0.05, 0.1) is 0 Å². The van der Waals surface area contributed by atoms with E-state index in [4.69, 9.17) is 0 Å². The van der Waals surface area contributed by atoms with Crippen molar-refractivity contribution < 1.29 is 4.79 Å². The minimum atomic E-state index is 0.239. The van der Waals surface area contributed by atoms with E-state index in [0.717, 1.165) is 6.42 Å². The fourth-order valence-electron chi connectivity index (χ4n) is 3.29. The van der Waals surface area contributed by atoms with E-state index < -0.39 is 0 Å². The molecule has 17 heavy (non-hydrogen) atoms. The van der Waals surface area contributed by atoms with Gasteiger partial charge >= 0.3 is 0 Å². The average Bonchev–Trinajstić information content (AvgIpc) is 2.40. The molecule has 2 nitrogen and oxygen atoms in total. The van der Waals surface area contributed by atoms with Gasteiger partial charge in [-0.25, -0.2) is 0 Å². The first kappa shape index (κ1) is 11.0. The van der Waals surface area contributed by atoms with Crippen molar-refractivity contribution in [3.63, 3.8) is 0 Å². The van der Waals surface area contributed by atoms with Crippen molar-refractivity contribution in [2.45, 2.75) is 44.2 Å². The van der Waals surface area contributed by atoms with Gasteiger partial charge in [0, 0.05) is 24.4 Å². The lowest BCUT2D eigenvalue weighted by Gasteiger charge is -2.39. The highest BCUT2D eigenvalue weighted by Crippen LogP contribution is 2.34. The van der Waals surface area contributed by atoms with Gasteiger partial charge < -0.3 is 5.32 Å². The highest BCUT2D eigenvalue weighted by atomic mass is 16.1. The van der Waals surface area contributed by atoms with E-state index in [0.29, 0.717) is 24.2 Å². The fraction of sp³-hybridized carbons (Fsp3) is 0.533. The number of ketones is 1. The van der Waals surface area contributed by atoms with Crippen LogP contribution in [0.15, 0.2) is 30.3 Å². The minimum Gasteiger partial charge on any atom is -0.306 e. The van der Waals surface area contributed by atoms with E-state index in [1.54, 1.807) is 0 Å². The second kappa shape index (κ2) is 4.61. The molecule has 1 heterocycles. The standard InChI is InChI=1S/C15H19NO/c17-15-10-14(11-6-2-1-3-7-11)16-13-9-5-4-8-12(13)15/h1-3,6-7,12-14,16H,4-5,8-10H2/t12-,13-,14+/m0/s1. The van der Waals surface area contributed by atoms with Crippen molar-refractivity contribution in [1.29, 1.82) is 0 Å². The van der Waals surface area contributed by atoms with Crippen LogP contribution in [0.1, 0.15) is 43.7 Å². The highest BCUT2D eigenvalue weighted by Gasteiger charge is 2.37. The van der Waals surface area contributed by atoms with Crippen LogP contribution in [-0.2, 0) is 4.79 Å². The van der Waals surface area contributed by atoms with Crippen LogP contribution in [0.3, 0.4) is 0 Å². The smallest absolute Gasteiger partial charge is 0.139 e. The maximum Gasteiger partial charge on any atom is 0.139 e. The quantitative estimate of drug-likeness (QED) is 0.802. The Morgan fingerprint density at radius 2 is 1.82 bits per heavy atom. The molecule has 1 aromatic rings. The number of fused-ring (bicyclic) bond motifs is 1. The predicted molar refractivity (Wildman–Crippen MR) is 67.7 cm³/mol. The summed E-state index contributed by atoms with van der Waals surface area (Å²) in [5, 5.41) is 3.68. The Bertz CT molecular complexity index is 401. The lowest BCUT2D eigenvalue weighted by atomic mass is 9.76. The number of hydrogen-bond donors (Lipinski definition) is 1. The molecule has 3 rings (SSSR count). The molecule has 2 fully saturated rings. The Balaban J connectivity index is 1.79. The number of benzene rings is 1. The van der Waals surface area contributed by atoms with Crippen LogP contribution in [0.5, 0.6) is 0 Å². The molecule has 90 valence electrons. The van der Waals surface area contributed by atoms with Crippen LogP contribution in [-0.4, -0.2) is 11.8 Å². The molecule has 1 N–H and O–H groups in total. The van der Waals surface area contributed by atoms with Crippen molar-refractivity contribution in [1.82, 2.24) is 5.32 Å². The van der Waals surface area contributed by atoms with Crippen LogP contribution in [0.25, 0.3) is 0 Å². The number of carbonyl (C=O) groups excluding carboxylic acids is 1. The second-order valence-corrected chi connectivity index (χ2v) is 5.30. The first-order valence-corrected chi connectivity index (χ1v) is 6.68. The van der Waals surface area contributed by atoms with Gasteiger partial charge in [0.15, 0.2) is 0 Å². The van der Waals surface area contributed by atoms with Gasteiger partial charge in [-0.1, -0.05) is 43.2 Å². The topological polar surface area (TPSA) is 29.1 Å². The lowest BCUT2D eigenvalue weighted by Crippen LogP contribution is -2.49. The molecule has 0 spiro atoms. The number of nitrogens with one attached hydrogen (secondary N) is 1. The van der Waals surface area contributed by atoms with E-state index in [2.05, 4.69) is 29.6 Å². The fourth-order valence-corrected chi connectivity index (χ4v) is 3.29. The molecule has 0 radical (unpaired) electrons. The summed E-state index contributed by atoms with van der Waals surface area (Å²) in [6.45, 7) is 0. The van der Waals surface area contributed by atoms with Crippen molar-refractivity contribution in [2.24, 2.45) is 5.92 Å². The monoisotopic (exact) mass is 229 g/mol. The van der Waals surface area contributed by atoms with E-state index in [1.807, 2.05) is 6.07 Å². The zero-order valence-corrected chi connectivity index (χ0v) is 10.1. The molecule has 0 aromatic heterocycles. The summed E-state index contributed by atoms with van der Waals surface area (Å²) in [4.78, 5) is 12.2. The van der Waals surface area contributed by atoms with Crippen molar-refractivity contribution >= 4 is 5.78 Å². The number of Topliss-reactive ketones (excluding diaryl/α,β-unsaturated/α-hetero) is 1. The average molecular weight is 229 g/mol. The van der Waals surface area contributed by atoms with Gasteiger partial charge in [0.1, 0.15) is 5.78 Å². The molecule has 0 unspecified atom stereocenters. The molecule has 0 amide bonds. The van der Waals surface area contributed by atoms with Crippen LogP contribution >= 0.6 is 0 Å². The summed E-state index contributed by atoms with van der Waals surface area (Å²) in [7, 11) is 0. The summed E-state index contributed by atoms with van der Waals surface area (Å²) in [6, 6.07) is 11.0. The van der Waals surface area contributed by atoms with Gasteiger partial charge in [0.2, 0.25) is 0 Å².